The highest BCUT2D eigenvalue weighted by Gasteiger charge is 2.10. The van der Waals surface area contributed by atoms with E-state index >= 15 is 0 Å². The molecule has 0 bridgehead atoms. The van der Waals surface area contributed by atoms with E-state index in [-0.39, 0.29) is 5.91 Å². The largest absolute Gasteiger partial charge is 0.494 e. The lowest BCUT2D eigenvalue weighted by Gasteiger charge is -2.06. The molecule has 0 aliphatic carbocycles. The van der Waals surface area contributed by atoms with E-state index in [0.717, 1.165) is 28.8 Å². The molecular formula is C23H28N2O3S. The first kappa shape index (κ1) is 21.3. The molecule has 0 fully saturated rings. The second-order valence-corrected chi connectivity index (χ2v) is 8.01. The van der Waals surface area contributed by atoms with Gasteiger partial charge in [0.1, 0.15) is 5.75 Å². The molecule has 2 aromatic carbocycles. The number of aryl methyl sites for hydroxylation is 1. The SMILES string of the molecule is CCCCCOc1ccc(C(=O)N=c2sc3cc(C)ccc3n2CCOC)cc1. The first-order chi connectivity index (χ1) is 14.1. The van der Waals surface area contributed by atoms with E-state index < -0.39 is 0 Å². The zero-order valence-electron chi connectivity index (χ0n) is 17.3. The Morgan fingerprint density at radius 3 is 2.62 bits per heavy atom. The second-order valence-electron chi connectivity index (χ2n) is 7.00. The minimum atomic E-state index is -0.253. The molecule has 0 saturated heterocycles. The lowest BCUT2D eigenvalue weighted by molar-refractivity contribution is 0.0997. The fourth-order valence-electron chi connectivity index (χ4n) is 3.05. The van der Waals surface area contributed by atoms with Crippen LogP contribution in [0, 0.1) is 6.92 Å². The maximum absolute atomic E-state index is 12.7. The van der Waals surface area contributed by atoms with Gasteiger partial charge in [0.2, 0.25) is 0 Å². The molecule has 1 amide bonds. The summed E-state index contributed by atoms with van der Waals surface area (Å²) >= 11 is 1.53. The third-order valence-electron chi connectivity index (χ3n) is 4.67. The fraction of sp³-hybridized carbons (Fsp3) is 0.391. The van der Waals surface area contributed by atoms with Gasteiger partial charge in [0.05, 0.1) is 23.4 Å². The van der Waals surface area contributed by atoms with Crippen LogP contribution in [-0.2, 0) is 11.3 Å². The molecule has 0 aliphatic rings. The molecule has 0 N–H and O–H groups in total. The Bertz CT molecular complexity index is 1020. The standard InChI is InChI=1S/C23H28N2O3S/c1-4-5-6-14-28-19-10-8-18(9-11-19)22(26)24-23-25(13-15-27-3)20-12-7-17(2)16-21(20)29-23/h7-12,16H,4-6,13-15H2,1-3H3. The summed E-state index contributed by atoms with van der Waals surface area (Å²) in [7, 11) is 1.67. The van der Waals surface area contributed by atoms with E-state index in [2.05, 4.69) is 37.0 Å². The zero-order valence-corrected chi connectivity index (χ0v) is 18.1. The summed E-state index contributed by atoms with van der Waals surface area (Å²) in [6.07, 6.45) is 3.37. The van der Waals surface area contributed by atoms with Crippen LogP contribution in [-0.4, -0.2) is 30.8 Å². The predicted octanol–water partition coefficient (Wildman–Crippen LogP) is 4.97. The van der Waals surface area contributed by atoms with Crippen molar-refractivity contribution in [3.05, 3.63) is 58.4 Å². The number of ether oxygens (including phenoxy) is 2. The van der Waals surface area contributed by atoms with Crippen molar-refractivity contribution in [3.8, 4) is 5.75 Å². The molecule has 1 aromatic heterocycles. The summed E-state index contributed by atoms with van der Waals surface area (Å²) in [5.41, 5.74) is 2.81. The van der Waals surface area contributed by atoms with Crippen molar-refractivity contribution >= 4 is 27.5 Å². The maximum Gasteiger partial charge on any atom is 0.279 e. The number of thiazole rings is 1. The lowest BCUT2D eigenvalue weighted by Crippen LogP contribution is -2.19. The number of carbonyl (C=O) groups excluding carboxylic acids is 1. The van der Waals surface area contributed by atoms with Crippen LogP contribution < -0.4 is 9.54 Å². The van der Waals surface area contributed by atoms with Gasteiger partial charge in [-0.25, -0.2) is 0 Å². The molecule has 5 nitrogen and oxygen atoms in total. The van der Waals surface area contributed by atoms with E-state index in [1.54, 1.807) is 19.2 Å². The van der Waals surface area contributed by atoms with Crippen LogP contribution in [0.1, 0.15) is 42.1 Å². The van der Waals surface area contributed by atoms with Gasteiger partial charge in [-0.2, -0.15) is 4.99 Å². The van der Waals surface area contributed by atoms with Crippen molar-refractivity contribution in [2.75, 3.05) is 20.3 Å². The van der Waals surface area contributed by atoms with Crippen LogP contribution in [0.4, 0.5) is 0 Å². The summed E-state index contributed by atoms with van der Waals surface area (Å²) in [4.78, 5) is 17.8. The van der Waals surface area contributed by atoms with Crippen molar-refractivity contribution in [2.45, 2.75) is 39.7 Å². The summed E-state index contributed by atoms with van der Waals surface area (Å²) in [6.45, 7) is 6.14. The molecule has 154 valence electrons. The summed E-state index contributed by atoms with van der Waals surface area (Å²) in [6, 6.07) is 13.5. The summed E-state index contributed by atoms with van der Waals surface area (Å²) in [5, 5.41) is 0. The van der Waals surface area contributed by atoms with Gasteiger partial charge in [0, 0.05) is 19.2 Å². The number of carbonyl (C=O) groups is 1. The van der Waals surface area contributed by atoms with Crippen molar-refractivity contribution in [3.63, 3.8) is 0 Å². The van der Waals surface area contributed by atoms with E-state index in [0.29, 0.717) is 30.1 Å². The molecule has 0 unspecified atom stereocenters. The summed E-state index contributed by atoms with van der Waals surface area (Å²) < 4.78 is 14.1. The Morgan fingerprint density at radius 2 is 1.90 bits per heavy atom. The monoisotopic (exact) mass is 412 g/mol. The number of methoxy groups -OCH3 is 1. The van der Waals surface area contributed by atoms with E-state index in [9.17, 15) is 4.79 Å². The number of nitrogens with zero attached hydrogens (tertiary/aromatic N) is 2. The topological polar surface area (TPSA) is 52.8 Å². The van der Waals surface area contributed by atoms with Crippen LogP contribution >= 0.6 is 11.3 Å². The quantitative estimate of drug-likeness (QED) is 0.466. The van der Waals surface area contributed by atoms with Crippen molar-refractivity contribution in [1.82, 2.24) is 4.57 Å². The summed E-state index contributed by atoms with van der Waals surface area (Å²) in [5.74, 6) is 0.530. The fourth-order valence-corrected chi connectivity index (χ4v) is 4.20. The van der Waals surface area contributed by atoms with Gasteiger partial charge in [-0.05, 0) is 55.3 Å². The molecule has 0 saturated carbocycles. The minimum absolute atomic E-state index is 0.253. The Hall–Kier alpha value is -2.44. The number of fused-ring (bicyclic) bond motifs is 1. The van der Waals surface area contributed by atoms with Crippen LogP contribution in [0.2, 0.25) is 0 Å². The number of amides is 1. The lowest BCUT2D eigenvalue weighted by atomic mass is 10.2. The van der Waals surface area contributed by atoms with Crippen molar-refractivity contribution < 1.29 is 14.3 Å². The van der Waals surface area contributed by atoms with E-state index in [4.69, 9.17) is 9.47 Å². The van der Waals surface area contributed by atoms with Gasteiger partial charge in [0.25, 0.3) is 5.91 Å². The molecule has 0 atom stereocenters. The molecular weight excluding hydrogens is 384 g/mol. The van der Waals surface area contributed by atoms with Gasteiger partial charge in [-0.3, -0.25) is 4.79 Å². The van der Waals surface area contributed by atoms with Crippen LogP contribution in [0.5, 0.6) is 5.75 Å². The molecule has 1 heterocycles. The predicted molar refractivity (Wildman–Crippen MR) is 118 cm³/mol. The molecule has 29 heavy (non-hydrogen) atoms. The van der Waals surface area contributed by atoms with E-state index in [1.807, 2.05) is 16.7 Å². The van der Waals surface area contributed by atoms with Gasteiger partial charge in [-0.1, -0.05) is 37.2 Å². The Balaban J connectivity index is 1.83. The Morgan fingerprint density at radius 1 is 1.10 bits per heavy atom. The molecule has 3 rings (SSSR count). The first-order valence-corrected chi connectivity index (χ1v) is 10.8. The third kappa shape index (κ3) is 5.55. The number of hydrogen-bond acceptors (Lipinski definition) is 4. The minimum Gasteiger partial charge on any atom is -0.494 e. The van der Waals surface area contributed by atoms with Crippen LogP contribution in [0.15, 0.2) is 47.5 Å². The third-order valence-corrected chi connectivity index (χ3v) is 5.71. The number of hydrogen-bond donors (Lipinski definition) is 0. The average Bonchev–Trinajstić information content (AvgIpc) is 3.05. The van der Waals surface area contributed by atoms with Gasteiger partial charge in [-0.15, -0.1) is 0 Å². The zero-order chi connectivity index (χ0) is 20.6. The normalized spacial score (nSPS) is 11.9. The van der Waals surface area contributed by atoms with Gasteiger partial charge < -0.3 is 14.0 Å². The van der Waals surface area contributed by atoms with Gasteiger partial charge >= 0.3 is 0 Å². The van der Waals surface area contributed by atoms with E-state index in [1.165, 1.54) is 23.3 Å². The molecule has 0 aliphatic heterocycles. The number of aromatic nitrogens is 1. The number of unbranched alkanes of at least 4 members (excludes halogenated alkanes) is 2. The molecule has 0 radical (unpaired) electrons. The van der Waals surface area contributed by atoms with Crippen LogP contribution in [0.25, 0.3) is 10.2 Å². The second kappa shape index (κ2) is 10.4. The molecule has 6 heteroatoms. The maximum atomic E-state index is 12.7. The highest BCUT2D eigenvalue weighted by atomic mass is 32.1. The van der Waals surface area contributed by atoms with Crippen molar-refractivity contribution in [2.24, 2.45) is 4.99 Å². The number of benzene rings is 2. The van der Waals surface area contributed by atoms with Crippen LogP contribution in [0.3, 0.4) is 0 Å². The highest BCUT2D eigenvalue weighted by molar-refractivity contribution is 7.16. The number of rotatable bonds is 9. The smallest absolute Gasteiger partial charge is 0.279 e. The first-order valence-electron chi connectivity index (χ1n) is 10.0. The van der Waals surface area contributed by atoms with Crippen molar-refractivity contribution in [1.29, 1.82) is 0 Å². The Labute approximate surface area is 175 Å². The Kier molecular flexibility index (Phi) is 7.61. The highest BCUT2D eigenvalue weighted by Crippen LogP contribution is 2.19. The molecule has 3 aromatic rings. The molecule has 0 spiro atoms. The average molecular weight is 413 g/mol. The van der Waals surface area contributed by atoms with Gasteiger partial charge in [0.15, 0.2) is 4.80 Å².